The Morgan fingerprint density at radius 1 is 1.42 bits per heavy atom. The van der Waals surface area contributed by atoms with Crippen molar-refractivity contribution in [3.8, 4) is 5.75 Å². The Morgan fingerprint density at radius 2 is 2.11 bits per heavy atom. The van der Waals surface area contributed by atoms with Crippen molar-refractivity contribution < 1.29 is 14.3 Å². The number of nitrogens with two attached hydrogens (primary N) is 1. The molecule has 2 N–H and O–H groups in total. The van der Waals surface area contributed by atoms with E-state index in [1.54, 1.807) is 6.92 Å². The summed E-state index contributed by atoms with van der Waals surface area (Å²) in [5, 5.41) is 0. The van der Waals surface area contributed by atoms with Gasteiger partial charge < -0.3 is 15.2 Å². The van der Waals surface area contributed by atoms with Crippen molar-refractivity contribution in [2.45, 2.75) is 40.5 Å². The molecule has 108 valence electrons. The molecular formula is C15H25NO3. The van der Waals surface area contributed by atoms with E-state index in [1.807, 2.05) is 32.0 Å². The lowest BCUT2D eigenvalue weighted by atomic mass is 10.1. The second kappa shape index (κ2) is 10.2. The minimum Gasteiger partial charge on any atom is -0.493 e. The third-order valence-corrected chi connectivity index (χ3v) is 2.28. The Balaban J connectivity index is 0.000000350. The van der Waals surface area contributed by atoms with Crippen LogP contribution in [0.15, 0.2) is 18.2 Å². The molecule has 0 unspecified atom stereocenters. The zero-order valence-corrected chi connectivity index (χ0v) is 12.4. The van der Waals surface area contributed by atoms with Crippen LogP contribution >= 0.6 is 0 Å². The summed E-state index contributed by atoms with van der Waals surface area (Å²) in [6.07, 6.45) is 2.21. The van der Waals surface area contributed by atoms with Gasteiger partial charge >= 0.3 is 5.97 Å². The first-order valence-corrected chi connectivity index (χ1v) is 6.78. The Hall–Kier alpha value is -1.71. The number of nitrogen functional groups attached to an aromatic ring is 1. The van der Waals surface area contributed by atoms with Gasteiger partial charge in [0.2, 0.25) is 0 Å². The molecule has 19 heavy (non-hydrogen) atoms. The Kier molecular flexibility index (Phi) is 9.31. The fourth-order valence-electron chi connectivity index (χ4n) is 1.58. The smallest absolute Gasteiger partial charge is 0.302 e. The highest BCUT2D eigenvalue weighted by Gasteiger charge is 2.08. The number of benzene rings is 1. The molecule has 4 nitrogen and oxygen atoms in total. The van der Waals surface area contributed by atoms with Crippen molar-refractivity contribution in [1.29, 1.82) is 0 Å². The van der Waals surface area contributed by atoms with E-state index in [0.717, 1.165) is 30.9 Å². The topological polar surface area (TPSA) is 61.5 Å². The monoisotopic (exact) mass is 267 g/mol. The maximum Gasteiger partial charge on any atom is 0.302 e. The van der Waals surface area contributed by atoms with Crippen molar-refractivity contribution in [3.63, 3.8) is 0 Å². The molecule has 0 saturated carbocycles. The van der Waals surface area contributed by atoms with Crippen LogP contribution in [-0.4, -0.2) is 19.2 Å². The summed E-state index contributed by atoms with van der Waals surface area (Å²) in [5.41, 5.74) is 7.70. The number of fused-ring (bicyclic) bond motifs is 1. The number of carbonyl (C=O) groups excluding carboxylic acids is 1. The van der Waals surface area contributed by atoms with E-state index in [0.29, 0.717) is 6.61 Å². The van der Waals surface area contributed by atoms with Crippen molar-refractivity contribution in [1.82, 2.24) is 0 Å². The predicted octanol–water partition coefficient (Wildman–Crippen LogP) is 3.19. The molecule has 1 heterocycles. The Labute approximate surface area is 115 Å². The van der Waals surface area contributed by atoms with E-state index in [4.69, 9.17) is 10.5 Å². The molecule has 0 aromatic heterocycles. The summed E-state index contributed by atoms with van der Waals surface area (Å²) >= 11 is 0. The van der Waals surface area contributed by atoms with Crippen LogP contribution in [0.3, 0.4) is 0 Å². The van der Waals surface area contributed by atoms with E-state index in [2.05, 4.69) is 4.74 Å². The van der Waals surface area contributed by atoms with Gasteiger partial charge in [-0.25, -0.2) is 0 Å². The summed E-state index contributed by atoms with van der Waals surface area (Å²) in [6.45, 7) is 8.50. The van der Waals surface area contributed by atoms with Crippen molar-refractivity contribution in [3.05, 3.63) is 23.8 Å². The Bertz CT molecular complexity index is 378. The lowest BCUT2D eigenvalue weighted by Crippen LogP contribution is -2.08. The second-order valence-corrected chi connectivity index (χ2v) is 3.74. The molecule has 0 radical (unpaired) electrons. The van der Waals surface area contributed by atoms with Gasteiger partial charge in [-0.3, -0.25) is 4.79 Å². The first-order chi connectivity index (χ1) is 9.13. The molecule has 0 amide bonds. The molecule has 1 aromatic rings. The molecule has 0 bridgehead atoms. The minimum atomic E-state index is -0.211. The van der Waals surface area contributed by atoms with E-state index in [9.17, 15) is 4.79 Å². The van der Waals surface area contributed by atoms with Crippen molar-refractivity contribution >= 4 is 11.7 Å². The molecular weight excluding hydrogens is 242 g/mol. The molecule has 0 aliphatic carbocycles. The summed E-state index contributed by atoms with van der Waals surface area (Å²) in [6, 6.07) is 5.82. The fourth-order valence-corrected chi connectivity index (χ4v) is 1.58. The van der Waals surface area contributed by atoms with Gasteiger partial charge in [-0.15, -0.1) is 0 Å². The molecule has 1 aliphatic rings. The van der Waals surface area contributed by atoms with Crippen LogP contribution in [0.25, 0.3) is 0 Å². The second-order valence-electron chi connectivity index (χ2n) is 3.74. The molecule has 0 fully saturated rings. The molecule has 4 heteroatoms. The summed E-state index contributed by atoms with van der Waals surface area (Å²) in [7, 11) is 0. The highest BCUT2D eigenvalue weighted by Crippen LogP contribution is 2.25. The molecule has 1 aliphatic heterocycles. The summed E-state index contributed by atoms with van der Waals surface area (Å²) in [4.78, 5) is 9.82. The SMILES string of the molecule is CC.CCOC(C)=O.Nc1ccc2c(c1)CCCO2. The van der Waals surface area contributed by atoms with Crippen LogP contribution in [-0.2, 0) is 16.0 Å². The van der Waals surface area contributed by atoms with Gasteiger partial charge in [0.05, 0.1) is 13.2 Å². The van der Waals surface area contributed by atoms with Crippen molar-refractivity contribution in [2.24, 2.45) is 0 Å². The molecule has 0 saturated heterocycles. The summed E-state index contributed by atoms with van der Waals surface area (Å²) in [5.74, 6) is 0.794. The maximum atomic E-state index is 9.82. The number of carbonyl (C=O) groups is 1. The number of aryl methyl sites for hydroxylation is 1. The number of hydrogen-bond acceptors (Lipinski definition) is 4. The van der Waals surface area contributed by atoms with Gasteiger partial charge in [-0.2, -0.15) is 0 Å². The number of anilines is 1. The number of rotatable bonds is 1. The number of ether oxygens (including phenoxy) is 2. The predicted molar refractivity (Wildman–Crippen MR) is 78.3 cm³/mol. The van der Waals surface area contributed by atoms with Gasteiger partial charge in [-0.05, 0) is 43.5 Å². The fraction of sp³-hybridized carbons (Fsp3) is 0.533. The van der Waals surface area contributed by atoms with Gasteiger partial charge in [0.1, 0.15) is 5.75 Å². The first kappa shape index (κ1) is 17.3. The quantitative estimate of drug-likeness (QED) is 0.627. The van der Waals surface area contributed by atoms with Crippen molar-refractivity contribution in [2.75, 3.05) is 18.9 Å². The average Bonchev–Trinajstić information content (AvgIpc) is 2.41. The maximum absolute atomic E-state index is 9.82. The lowest BCUT2D eigenvalue weighted by molar-refractivity contribution is -0.140. The van der Waals surface area contributed by atoms with Gasteiger partial charge in [-0.1, -0.05) is 13.8 Å². The van der Waals surface area contributed by atoms with Crippen LogP contribution in [0.1, 0.15) is 39.7 Å². The molecule has 0 atom stereocenters. The number of esters is 1. The van der Waals surface area contributed by atoms with Gasteiger partial charge in [0.15, 0.2) is 0 Å². The molecule has 1 aromatic carbocycles. The lowest BCUT2D eigenvalue weighted by Gasteiger charge is -2.16. The van der Waals surface area contributed by atoms with E-state index >= 15 is 0 Å². The average molecular weight is 267 g/mol. The summed E-state index contributed by atoms with van der Waals surface area (Å²) < 4.78 is 9.83. The van der Waals surface area contributed by atoms with Crippen LogP contribution in [0.2, 0.25) is 0 Å². The van der Waals surface area contributed by atoms with E-state index in [1.165, 1.54) is 12.5 Å². The van der Waals surface area contributed by atoms with E-state index in [-0.39, 0.29) is 5.97 Å². The van der Waals surface area contributed by atoms with E-state index < -0.39 is 0 Å². The van der Waals surface area contributed by atoms with Gasteiger partial charge in [0.25, 0.3) is 0 Å². The van der Waals surface area contributed by atoms with Gasteiger partial charge in [0, 0.05) is 12.6 Å². The minimum absolute atomic E-state index is 0.211. The standard InChI is InChI=1S/C9H11NO.C4H8O2.C2H6/c10-8-3-4-9-7(6-8)2-1-5-11-9;1-3-6-4(2)5;1-2/h3-4,6H,1-2,5,10H2;3H2,1-2H3;1-2H3. The number of hydrogen-bond donors (Lipinski definition) is 1. The normalized spacial score (nSPS) is 11.6. The highest BCUT2D eigenvalue weighted by atomic mass is 16.5. The van der Waals surface area contributed by atoms with Crippen LogP contribution in [0, 0.1) is 0 Å². The van der Waals surface area contributed by atoms with Crippen LogP contribution in [0.5, 0.6) is 5.75 Å². The molecule has 0 spiro atoms. The largest absolute Gasteiger partial charge is 0.493 e. The third kappa shape index (κ3) is 7.34. The molecule has 2 rings (SSSR count). The van der Waals surface area contributed by atoms with Crippen LogP contribution < -0.4 is 10.5 Å². The highest BCUT2D eigenvalue weighted by molar-refractivity contribution is 5.65. The Morgan fingerprint density at radius 3 is 2.63 bits per heavy atom. The van der Waals surface area contributed by atoms with Crippen LogP contribution in [0.4, 0.5) is 5.69 Å². The first-order valence-electron chi connectivity index (χ1n) is 6.78. The third-order valence-electron chi connectivity index (χ3n) is 2.28. The zero-order valence-electron chi connectivity index (χ0n) is 12.4. The zero-order chi connectivity index (χ0) is 14.7.